The molecule has 0 fully saturated rings. The van der Waals surface area contributed by atoms with Gasteiger partial charge in [-0.25, -0.2) is 0 Å². The van der Waals surface area contributed by atoms with Gasteiger partial charge in [-0.2, -0.15) is 0 Å². The van der Waals surface area contributed by atoms with Gasteiger partial charge in [-0.1, -0.05) is 0 Å². The molecule has 0 radical (unpaired) electrons. The quantitative estimate of drug-likeness (QED) is 0.332. The van der Waals surface area contributed by atoms with Gasteiger partial charge in [0, 0.05) is 0 Å². The van der Waals surface area contributed by atoms with Gasteiger partial charge in [-0.15, -0.1) is 24.0 Å². The van der Waals surface area contributed by atoms with E-state index in [0.29, 0.717) is 0 Å². The minimum absolute atomic E-state index is 0. The van der Waals surface area contributed by atoms with Crippen LogP contribution >= 0.6 is 24.0 Å². The van der Waals surface area contributed by atoms with Gasteiger partial charge in [0.1, 0.15) is 0 Å². The van der Waals surface area contributed by atoms with Crippen LogP contribution in [-0.2, 0) is 0 Å². The predicted molar refractivity (Wildman–Crippen MR) is 108 cm³/mol. The molecule has 0 aliphatic carbocycles. The first-order valence-electron chi connectivity index (χ1n) is 8.16. The third-order valence-corrected chi connectivity index (χ3v) is 23.5. The Morgan fingerprint density at radius 2 is 1.23 bits per heavy atom. The second-order valence-electron chi connectivity index (χ2n) is 5.72. The van der Waals surface area contributed by atoms with Crippen molar-refractivity contribution in [2.24, 2.45) is 0 Å². The van der Waals surface area contributed by atoms with E-state index in [-0.39, 0.29) is 24.0 Å². The molecule has 0 saturated heterocycles. The number of pyridine rings is 2. The Bertz CT molecular complexity index is 470. The molecule has 2 aromatic heterocycles. The minimum atomic E-state index is -2.88. The van der Waals surface area contributed by atoms with Gasteiger partial charge in [-0.05, 0) is 0 Å². The number of nitrogens with zero attached hydrogens (tertiary/aromatic N) is 2. The van der Waals surface area contributed by atoms with Gasteiger partial charge < -0.3 is 0 Å². The van der Waals surface area contributed by atoms with E-state index in [1.165, 1.54) is 40.1 Å². The molecule has 4 heteroatoms. The van der Waals surface area contributed by atoms with Crippen LogP contribution < -0.4 is 6.51 Å². The Labute approximate surface area is 156 Å². The van der Waals surface area contributed by atoms with Crippen molar-refractivity contribution in [3.8, 4) is 0 Å². The molecular weight excluding hydrogens is 578 g/mol. The zero-order chi connectivity index (χ0) is 15.0. The van der Waals surface area contributed by atoms with E-state index in [2.05, 4.69) is 38.1 Å². The van der Waals surface area contributed by atoms with Gasteiger partial charge in [-0.3, -0.25) is 0 Å². The molecule has 0 saturated carbocycles. The largest absolute Gasteiger partial charge is 0.107 e. The maximum atomic E-state index is 4.79. The topological polar surface area (TPSA) is 25.8 Å². The van der Waals surface area contributed by atoms with E-state index in [1.54, 1.807) is 0 Å². The number of aromatic nitrogens is 2. The molecule has 2 nitrogen and oxygen atoms in total. The molecule has 0 bridgehead atoms. The number of hydrogen-bond acceptors (Lipinski definition) is 2. The molecule has 0 amide bonds. The fourth-order valence-corrected chi connectivity index (χ4v) is 22.2. The second kappa shape index (κ2) is 10.7. The fourth-order valence-electron chi connectivity index (χ4n) is 3.02. The first-order valence-corrected chi connectivity index (χ1v) is 17.5. The summed E-state index contributed by atoms with van der Waals surface area (Å²) in [5, 5.41) is 0. The summed E-state index contributed by atoms with van der Waals surface area (Å²) in [4.78, 5) is 9.58. The zero-order valence-electron chi connectivity index (χ0n) is 13.7. The smallest absolute Gasteiger partial charge is 0.107 e. The first kappa shape index (κ1) is 20.0. The predicted octanol–water partition coefficient (Wildman–Crippen LogP) is 4.26. The van der Waals surface area contributed by atoms with Crippen LogP contribution in [0.4, 0.5) is 0 Å². The van der Waals surface area contributed by atoms with E-state index in [0.717, 1.165) is 0 Å². The van der Waals surface area contributed by atoms with E-state index in [4.69, 9.17) is 9.97 Å². The maximum absolute atomic E-state index is 4.79. The van der Waals surface area contributed by atoms with Crippen molar-refractivity contribution in [3.63, 3.8) is 0 Å². The normalized spacial score (nSPS) is 11.0. The molecule has 0 unspecified atom stereocenters. The Morgan fingerprint density at radius 1 is 0.773 bits per heavy atom. The SMILES string of the molecule is CCC[CH2][Pb]([CH2]CCC)([c]1ccccn1)[c]1ccccn1.I. The zero-order valence-corrected chi connectivity index (χ0v) is 19.9. The Balaban J connectivity index is 0.00000242. The number of hydrogen-bond donors (Lipinski definition) is 0. The van der Waals surface area contributed by atoms with Crippen molar-refractivity contribution in [2.45, 2.75) is 47.5 Å². The number of halogens is 1. The first-order chi connectivity index (χ1) is 10.3. The van der Waals surface area contributed by atoms with Crippen molar-refractivity contribution >= 4 is 51.7 Å². The number of unbranched alkanes of at least 4 members (excludes halogenated alkanes) is 2. The molecule has 120 valence electrons. The molecule has 0 aliphatic rings. The Kier molecular flexibility index (Phi) is 9.70. The van der Waals surface area contributed by atoms with Crippen LogP contribution in [0.1, 0.15) is 39.5 Å². The standard InChI is InChI=1S/2C5H4N.2C4H9.HI.Pb/c2*1-2-4-6-5-3-1;2*1-3-4-2;;/h2*1-4H;2*1,3-4H2,2H3;1H;. The van der Waals surface area contributed by atoms with Crippen molar-refractivity contribution in [3.05, 3.63) is 48.8 Å². The summed E-state index contributed by atoms with van der Waals surface area (Å²) < 4.78 is 5.48. The van der Waals surface area contributed by atoms with E-state index >= 15 is 0 Å². The number of rotatable bonds is 8. The summed E-state index contributed by atoms with van der Waals surface area (Å²) in [6.45, 7) is 4.57. The van der Waals surface area contributed by atoms with Crippen molar-refractivity contribution in [2.75, 3.05) is 0 Å². The third kappa shape index (κ3) is 4.98. The molecular formula is C18H27IN2Pb. The van der Waals surface area contributed by atoms with E-state index < -0.39 is 21.2 Å². The molecule has 0 aromatic carbocycles. The summed E-state index contributed by atoms with van der Waals surface area (Å²) >= 11 is -2.88. The summed E-state index contributed by atoms with van der Waals surface area (Å²) in [7, 11) is 0. The summed E-state index contributed by atoms with van der Waals surface area (Å²) in [6, 6.07) is 12.9. The monoisotopic (exact) mass is 606 g/mol. The molecule has 2 heterocycles. The van der Waals surface area contributed by atoms with E-state index in [9.17, 15) is 0 Å². The van der Waals surface area contributed by atoms with Crippen molar-refractivity contribution < 1.29 is 0 Å². The Hall–Kier alpha value is -0.0479. The molecule has 0 atom stereocenters. The summed E-state index contributed by atoms with van der Waals surface area (Å²) in [5.41, 5.74) is 0. The second-order valence-corrected chi connectivity index (χ2v) is 22.0. The van der Waals surface area contributed by atoms with Crippen LogP contribution in [0.25, 0.3) is 0 Å². The molecule has 0 N–H and O–H groups in total. The van der Waals surface area contributed by atoms with E-state index in [1.807, 2.05) is 24.5 Å². The molecule has 2 aromatic rings. The van der Waals surface area contributed by atoms with Gasteiger partial charge in [0.25, 0.3) is 0 Å². The van der Waals surface area contributed by atoms with Crippen molar-refractivity contribution in [1.82, 2.24) is 9.97 Å². The summed E-state index contributed by atoms with van der Waals surface area (Å²) in [6.07, 6.45) is 9.05. The Morgan fingerprint density at radius 3 is 1.55 bits per heavy atom. The van der Waals surface area contributed by atoms with Crippen LogP contribution in [0, 0.1) is 0 Å². The van der Waals surface area contributed by atoms with Crippen molar-refractivity contribution in [1.29, 1.82) is 0 Å². The van der Waals surface area contributed by atoms with Crippen LogP contribution in [0.5, 0.6) is 0 Å². The molecule has 0 spiro atoms. The van der Waals surface area contributed by atoms with Crippen LogP contribution in [-0.4, -0.2) is 31.1 Å². The average Bonchev–Trinajstić information content (AvgIpc) is 2.57. The molecule has 0 aliphatic heterocycles. The maximum Gasteiger partial charge on any atom is -0.107 e. The van der Waals surface area contributed by atoms with Gasteiger partial charge in [0.15, 0.2) is 0 Å². The van der Waals surface area contributed by atoms with Crippen LogP contribution in [0.15, 0.2) is 48.8 Å². The minimum Gasteiger partial charge on any atom is -0.107 e. The fraction of sp³-hybridized carbons (Fsp3) is 0.444. The summed E-state index contributed by atoms with van der Waals surface area (Å²) in [5.74, 6) is 0. The van der Waals surface area contributed by atoms with Gasteiger partial charge in [0.05, 0.1) is 0 Å². The van der Waals surface area contributed by atoms with Crippen LogP contribution in [0.2, 0.25) is 7.96 Å². The third-order valence-electron chi connectivity index (χ3n) is 4.22. The molecule has 2 rings (SSSR count). The molecule has 22 heavy (non-hydrogen) atoms. The van der Waals surface area contributed by atoms with Crippen LogP contribution in [0.3, 0.4) is 0 Å². The van der Waals surface area contributed by atoms with Gasteiger partial charge >= 0.3 is 134 Å². The van der Waals surface area contributed by atoms with Gasteiger partial charge in [0.2, 0.25) is 0 Å². The average molecular weight is 606 g/mol.